The fraction of sp³-hybridized carbons (Fsp3) is 0.467. The van der Waals surface area contributed by atoms with Gasteiger partial charge in [-0.05, 0) is 34.4 Å². The van der Waals surface area contributed by atoms with E-state index < -0.39 is 89.8 Å². The van der Waals surface area contributed by atoms with Gasteiger partial charge in [-0.3, -0.25) is 14.4 Å². The summed E-state index contributed by atoms with van der Waals surface area (Å²) in [6.45, 7) is 10.3. The van der Waals surface area contributed by atoms with Gasteiger partial charge >= 0.3 is 17.9 Å². The molecule has 1 aliphatic heterocycles. The van der Waals surface area contributed by atoms with Gasteiger partial charge in [0.05, 0.1) is 0 Å². The van der Waals surface area contributed by atoms with Crippen molar-refractivity contribution in [3.63, 3.8) is 0 Å². The maximum atomic E-state index is 14.4. The largest absolute Gasteiger partial charge is 0.450 e. The molecule has 0 unspecified atom stereocenters. The number of ether oxygens (including phenoxy) is 3. The van der Waals surface area contributed by atoms with E-state index in [0.29, 0.717) is 0 Å². The number of hydrogen-bond acceptors (Lipinski definition) is 9. The first-order chi connectivity index (χ1) is 27.0. The van der Waals surface area contributed by atoms with E-state index in [9.17, 15) is 28.8 Å². The molecule has 3 amide bonds. The van der Waals surface area contributed by atoms with Crippen molar-refractivity contribution in [3.05, 3.63) is 108 Å². The van der Waals surface area contributed by atoms with Crippen LogP contribution in [-0.2, 0) is 62.2 Å². The molecule has 1 heterocycles. The molecule has 1 fully saturated rings. The minimum atomic E-state index is -1.36. The molecule has 57 heavy (non-hydrogen) atoms. The van der Waals surface area contributed by atoms with E-state index in [-0.39, 0.29) is 19.3 Å². The fourth-order valence-electron chi connectivity index (χ4n) is 6.74. The van der Waals surface area contributed by atoms with Gasteiger partial charge in [-0.2, -0.15) is 0 Å². The zero-order valence-electron chi connectivity index (χ0n) is 34.5. The maximum Gasteiger partial charge on any atom is 0.329 e. The highest BCUT2D eigenvalue weighted by molar-refractivity contribution is 5.94. The van der Waals surface area contributed by atoms with Crippen LogP contribution in [0.5, 0.6) is 0 Å². The lowest BCUT2D eigenvalue weighted by Crippen LogP contribution is -2.56. The van der Waals surface area contributed by atoms with Crippen LogP contribution < -0.4 is 0 Å². The molecule has 0 aliphatic carbocycles. The molecular weight excluding hydrogens is 727 g/mol. The van der Waals surface area contributed by atoms with Crippen LogP contribution in [0.25, 0.3) is 0 Å². The normalized spacial score (nSPS) is 23.7. The van der Waals surface area contributed by atoms with Gasteiger partial charge in [0.2, 0.25) is 0 Å². The monoisotopic (exact) mass is 783 g/mol. The van der Waals surface area contributed by atoms with Crippen LogP contribution in [0.2, 0.25) is 0 Å². The predicted octanol–water partition coefficient (Wildman–Crippen LogP) is 4.91. The third-order valence-electron chi connectivity index (χ3n) is 10.4. The second kappa shape index (κ2) is 20.1. The van der Waals surface area contributed by atoms with Crippen LogP contribution in [0.3, 0.4) is 0 Å². The highest BCUT2D eigenvalue weighted by atomic mass is 16.6. The topological polar surface area (TPSA) is 140 Å². The summed E-state index contributed by atoms with van der Waals surface area (Å²) >= 11 is 0. The second-order valence-corrected chi connectivity index (χ2v) is 15.8. The molecule has 0 radical (unpaired) electrons. The number of cyclic esters (lactones) is 3. The molecule has 0 bridgehead atoms. The predicted molar refractivity (Wildman–Crippen MR) is 214 cm³/mol. The van der Waals surface area contributed by atoms with Crippen LogP contribution in [-0.4, -0.2) is 108 Å². The van der Waals surface area contributed by atoms with Crippen LogP contribution in [0.4, 0.5) is 0 Å². The second-order valence-electron chi connectivity index (χ2n) is 15.8. The lowest BCUT2D eigenvalue weighted by molar-refractivity contribution is -0.179. The van der Waals surface area contributed by atoms with Gasteiger partial charge in [0.25, 0.3) is 17.7 Å². The van der Waals surface area contributed by atoms with Gasteiger partial charge in [-0.15, -0.1) is 0 Å². The Kier molecular flexibility index (Phi) is 15.6. The van der Waals surface area contributed by atoms with Crippen LogP contribution >= 0.6 is 0 Å². The van der Waals surface area contributed by atoms with Gasteiger partial charge in [0.15, 0.2) is 18.3 Å². The average molecular weight is 784 g/mol. The third kappa shape index (κ3) is 11.3. The Morgan fingerprint density at radius 2 is 0.614 bits per heavy atom. The van der Waals surface area contributed by atoms with E-state index in [2.05, 4.69) is 0 Å². The maximum absolute atomic E-state index is 14.4. The minimum Gasteiger partial charge on any atom is -0.450 e. The summed E-state index contributed by atoms with van der Waals surface area (Å²) in [7, 11) is 4.31. The van der Waals surface area contributed by atoms with E-state index in [1.54, 1.807) is 114 Å². The molecule has 3 aromatic rings. The van der Waals surface area contributed by atoms with Gasteiger partial charge in [0.1, 0.15) is 18.1 Å². The standard InChI is InChI=1S/C45H57N3O9/c1-28(2)37-40(49)46(7)35(26-32-21-15-11-16-22-32)44(53)56-39(30(5)6)42(51)48(9)36(27-33-23-17-12-18-24-33)45(54)57-38(29(3)4)41(50)47(8)34(43(52)55-37)25-31-19-13-10-14-20-31/h10-24,28-30,34-39H,25-27H2,1-9H3/t34-,35-,36+,37-,38-,39-/m0/s1. The number of benzene rings is 3. The lowest BCUT2D eigenvalue weighted by atomic mass is 9.99. The van der Waals surface area contributed by atoms with Crippen molar-refractivity contribution in [2.75, 3.05) is 21.1 Å². The Morgan fingerprint density at radius 3 is 0.807 bits per heavy atom. The summed E-state index contributed by atoms with van der Waals surface area (Å²) < 4.78 is 18.1. The molecule has 0 saturated carbocycles. The molecule has 1 aliphatic rings. The van der Waals surface area contributed by atoms with Crippen molar-refractivity contribution in [1.29, 1.82) is 0 Å². The number of carbonyl (C=O) groups is 6. The van der Waals surface area contributed by atoms with Crippen molar-refractivity contribution in [2.45, 2.75) is 97.2 Å². The molecule has 1 saturated heterocycles. The van der Waals surface area contributed by atoms with Crippen molar-refractivity contribution >= 4 is 35.6 Å². The molecule has 0 aromatic heterocycles. The number of amides is 3. The number of nitrogens with zero attached hydrogens (tertiary/aromatic N) is 3. The molecule has 4 rings (SSSR count). The van der Waals surface area contributed by atoms with Crippen LogP contribution in [0.15, 0.2) is 91.0 Å². The molecule has 0 N–H and O–H groups in total. The number of hydrogen-bond donors (Lipinski definition) is 0. The van der Waals surface area contributed by atoms with Gasteiger partial charge < -0.3 is 28.9 Å². The summed E-state index contributed by atoms with van der Waals surface area (Å²) in [6.07, 6.45) is -3.99. The lowest BCUT2D eigenvalue weighted by Gasteiger charge is -2.37. The van der Waals surface area contributed by atoms with E-state index >= 15 is 0 Å². The first kappa shape index (κ1) is 44.2. The van der Waals surface area contributed by atoms with Crippen molar-refractivity contribution < 1.29 is 43.0 Å². The Balaban J connectivity index is 1.88. The zero-order chi connectivity index (χ0) is 42.0. The first-order valence-electron chi connectivity index (χ1n) is 19.5. The molecule has 12 heteroatoms. The zero-order valence-corrected chi connectivity index (χ0v) is 34.5. The number of likely N-dealkylation sites (N-methyl/N-ethyl adjacent to an activating group) is 3. The van der Waals surface area contributed by atoms with E-state index in [1.807, 2.05) is 18.2 Å². The number of rotatable bonds is 9. The molecule has 6 atom stereocenters. The molecule has 306 valence electrons. The highest BCUT2D eigenvalue weighted by Crippen LogP contribution is 2.24. The third-order valence-corrected chi connectivity index (χ3v) is 10.4. The van der Waals surface area contributed by atoms with E-state index in [0.717, 1.165) is 16.7 Å². The summed E-state index contributed by atoms with van der Waals surface area (Å²) in [5, 5.41) is 0. The smallest absolute Gasteiger partial charge is 0.329 e. The molecular formula is C45H57N3O9. The first-order valence-corrected chi connectivity index (χ1v) is 19.5. The quantitative estimate of drug-likeness (QED) is 0.219. The van der Waals surface area contributed by atoms with Crippen molar-refractivity contribution in [3.8, 4) is 0 Å². The summed E-state index contributed by atoms with van der Waals surface area (Å²) in [5.74, 6) is -6.18. The van der Waals surface area contributed by atoms with Gasteiger partial charge in [0, 0.05) is 40.4 Å². The van der Waals surface area contributed by atoms with Crippen molar-refractivity contribution in [1.82, 2.24) is 14.7 Å². The summed E-state index contributed by atoms with van der Waals surface area (Å²) in [4.78, 5) is 89.9. The number of carbonyl (C=O) groups excluding carboxylic acids is 6. The summed E-state index contributed by atoms with van der Waals surface area (Å²) in [5.41, 5.74) is 2.16. The van der Waals surface area contributed by atoms with E-state index in [4.69, 9.17) is 14.2 Å². The number of esters is 3. The molecule has 0 spiro atoms. The van der Waals surface area contributed by atoms with Gasteiger partial charge in [-0.25, -0.2) is 14.4 Å². The Morgan fingerprint density at radius 1 is 0.404 bits per heavy atom. The highest BCUT2D eigenvalue weighted by Gasteiger charge is 2.44. The summed E-state index contributed by atoms with van der Waals surface area (Å²) in [6, 6.07) is 23.4. The fourth-order valence-corrected chi connectivity index (χ4v) is 6.74. The van der Waals surface area contributed by atoms with E-state index in [1.165, 1.54) is 35.8 Å². The van der Waals surface area contributed by atoms with Crippen LogP contribution in [0.1, 0.15) is 58.2 Å². The van der Waals surface area contributed by atoms with Gasteiger partial charge in [-0.1, -0.05) is 133 Å². The van der Waals surface area contributed by atoms with Crippen LogP contribution in [0, 0.1) is 17.8 Å². The SMILES string of the molecule is CC(C)[C@@H]1OC(=O)[C@H](Cc2ccccc2)N(C)C(=O)[C@H](C(C)C)OC(=O)[C@H](Cc2ccccc2)N(C)C(=O)[C@H](C(C)C)OC(=O)[C@@H](Cc2ccccc2)N(C)C1=O. The van der Waals surface area contributed by atoms with Crippen molar-refractivity contribution in [2.24, 2.45) is 17.8 Å². The minimum absolute atomic E-state index is 0.0307. The average Bonchev–Trinajstić information content (AvgIpc) is 3.19. The molecule has 12 nitrogen and oxygen atoms in total. The Bertz CT molecular complexity index is 1620. The Hall–Kier alpha value is -5.52. The molecule has 3 aromatic carbocycles. The Labute approximate surface area is 336 Å².